The summed E-state index contributed by atoms with van der Waals surface area (Å²) < 4.78 is 4.84. The number of nitro benzene ring substituents is 1. The fourth-order valence-corrected chi connectivity index (χ4v) is 2.14. The molecule has 0 amide bonds. The summed E-state index contributed by atoms with van der Waals surface area (Å²) in [7, 11) is 1.53. The zero-order valence-electron chi connectivity index (χ0n) is 9.08. The highest BCUT2D eigenvalue weighted by Crippen LogP contribution is 2.27. The van der Waals surface area contributed by atoms with Gasteiger partial charge in [-0.25, -0.2) is 4.79 Å². The molecule has 6 nitrogen and oxygen atoms in total. The minimum Gasteiger partial charge on any atom is -0.478 e. The van der Waals surface area contributed by atoms with Gasteiger partial charge in [-0.15, -0.1) is 11.8 Å². The van der Waals surface area contributed by atoms with Crippen molar-refractivity contribution in [1.82, 2.24) is 0 Å². The van der Waals surface area contributed by atoms with E-state index in [4.69, 9.17) is 9.84 Å². The predicted molar refractivity (Wildman–Crippen MR) is 62.7 cm³/mol. The van der Waals surface area contributed by atoms with Crippen LogP contribution in [0.3, 0.4) is 0 Å². The Kier molecular flexibility index (Phi) is 4.92. The quantitative estimate of drug-likeness (QED) is 0.363. The van der Waals surface area contributed by atoms with Crippen LogP contribution in [0, 0.1) is 10.1 Å². The van der Waals surface area contributed by atoms with Crippen LogP contribution in [0.1, 0.15) is 10.4 Å². The number of thioether (sulfide) groups is 1. The van der Waals surface area contributed by atoms with Gasteiger partial charge < -0.3 is 9.84 Å². The molecule has 0 saturated heterocycles. The van der Waals surface area contributed by atoms with E-state index in [-0.39, 0.29) is 11.3 Å². The molecule has 1 aromatic carbocycles. The second-order valence-corrected chi connectivity index (χ2v) is 4.22. The van der Waals surface area contributed by atoms with E-state index in [2.05, 4.69) is 0 Å². The molecular weight excluding hydrogens is 246 g/mol. The molecule has 0 aromatic heterocycles. The molecule has 0 aliphatic rings. The van der Waals surface area contributed by atoms with Crippen molar-refractivity contribution >= 4 is 23.4 Å². The molecule has 0 bridgehead atoms. The number of aromatic carboxylic acids is 1. The summed E-state index contributed by atoms with van der Waals surface area (Å²) in [5, 5.41) is 19.5. The fraction of sp³-hybridized carbons (Fsp3) is 0.300. The molecule has 0 aliphatic heterocycles. The van der Waals surface area contributed by atoms with Crippen LogP contribution in [0.25, 0.3) is 0 Å². The van der Waals surface area contributed by atoms with Gasteiger partial charge in [-0.05, 0) is 6.07 Å². The highest BCUT2D eigenvalue weighted by Gasteiger charge is 2.15. The Labute approximate surface area is 102 Å². The zero-order valence-corrected chi connectivity index (χ0v) is 9.90. The van der Waals surface area contributed by atoms with Gasteiger partial charge in [0, 0.05) is 29.9 Å². The highest BCUT2D eigenvalue weighted by atomic mass is 32.2. The van der Waals surface area contributed by atoms with Crippen LogP contribution in [-0.4, -0.2) is 35.5 Å². The molecule has 1 N–H and O–H groups in total. The van der Waals surface area contributed by atoms with Crippen LogP contribution >= 0.6 is 11.8 Å². The van der Waals surface area contributed by atoms with Crippen molar-refractivity contribution in [3.8, 4) is 0 Å². The lowest BCUT2D eigenvalue weighted by Crippen LogP contribution is -2.01. The van der Waals surface area contributed by atoms with Crippen molar-refractivity contribution in [3.05, 3.63) is 33.9 Å². The molecular formula is C10H11NO5S. The second-order valence-electron chi connectivity index (χ2n) is 3.08. The average molecular weight is 257 g/mol. The molecule has 0 heterocycles. The first-order valence-corrected chi connectivity index (χ1v) is 5.68. The maximum absolute atomic E-state index is 10.9. The maximum atomic E-state index is 10.9. The number of methoxy groups -OCH3 is 1. The van der Waals surface area contributed by atoms with E-state index in [1.165, 1.54) is 37.1 Å². The summed E-state index contributed by atoms with van der Waals surface area (Å²) in [6, 6.07) is 3.70. The van der Waals surface area contributed by atoms with Gasteiger partial charge in [0.05, 0.1) is 17.1 Å². The minimum atomic E-state index is -1.10. The number of hydrogen-bond acceptors (Lipinski definition) is 5. The molecule has 92 valence electrons. The van der Waals surface area contributed by atoms with Gasteiger partial charge in [0.2, 0.25) is 0 Å². The maximum Gasteiger partial charge on any atom is 0.336 e. The van der Waals surface area contributed by atoms with Gasteiger partial charge in [-0.3, -0.25) is 10.1 Å². The first-order valence-electron chi connectivity index (χ1n) is 4.69. The van der Waals surface area contributed by atoms with E-state index >= 15 is 0 Å². The monoisotopic (exact) mass is 257 g/mol. The van der Waals surface area contributed by atoms with E-state index in [9.17, 15) is 14.9 Å². The lowest BCUT2D eigenvalue weighted by atomic mass is 10.2. The van der Waals surface area contributed by atoms with Crippen LogP contribution in [0.2, 0.25) is 0 Å². The minimum absolute atomic E-state index is 0.0664. The summed E-state index contributed by atoms with van der Waals surface area (Å²) in [5.41, 5.74) is -0.0494. The Morgan fingerprint density at radius 2 is 2.29 bits per heavy atom. The number of nitrogens with zero attached hydrogens (tertiary/aromatic N) is 1. The van der Waals surface area contributed by atoms with Crippen molar-refractivity contribution < 1.29 is 19.6 Å². The third-order valence-corrected chi connectivity index (χ3v) is 2.97. The zero-order chi connectivity index (χ0) is 12.8. The van der Waals surface area contributed by atoms with Crippen molar-refractivity contribution in [3.63, 3.8) is 0 Å². The van der Waals surface area contributed by atoms with Crippen LogP contribution in [-0.2, 0) is 4.74 Å². The van der Waals surface area contributed by atoms with Crippen LogP contribution in [0.5, 0.6) is 0 Å². The smallest absolute Gasteiger partial charge is 0.336 e. The van der Waals surface area contributed by atoms with Gasteiger partial charge in [-0.1, -0.05) is 0 Å². The molecule has 0 unspecified atom stereocenters. The molecule has 0 fully saturated rings. The molecule has 1 rings (SSSR count). The Hall–Kier alpha value is -1.60. The van der Waals surface area contributed by atoms with Crippen LogP contribution < -0.4 is 0 Å². The Balaban J connectivity index is 2.98. The second kappa shape index (κ2) is 6.21. The fourth-order valence-electron chi connectivity index (χ4n) is 1.16. The Bertz CT molecular complexity index is 435. The topological polar surface area (TPSA) is 89.7 Å². The van der Waals surface area contributed by atoms with Gasteiger partial charge >= 0.3 is 5.97 Å². The molecule has 0 saturated carbocycles. The Morgan fingerprint density at radius 3 is 2.82 bits per heavy atom. The molecule has 17 heavy (non-hydrogen) atoms. The number of benzene rings is 1. The Morgan fingerprint density at radius 1 is 1.59 bits per heavy atom. The van der Waals surface area contributed by atoms with E-state index in [1.54, 1.807) is 0 Å². The number of rotatable bonds is 6. The molecule has 7 heteroatoms. The van der Waals surface area contributed by atoms with Gasteiger partial charge in [0.15, 0.2) is 0 Å². The summed E-state index contributed by atoms with van der Waals surface area (Å²) in [4.78, 5) is 21.3. The van der Waals surface area contributed by atoms with Crippen LogP contribution in [0.4, 0.5) is 5.69 Å². The van der Waals surface area contributed by atoms with Crippen molar-refractivity contribution in [1.29, 1.82) is 0 Å². The number of non-ortho nitro benzene ring substituents is 1. The van der Waals surface area contributed by atoms with Crippen molar-refractivity contribution in [2.45, 2.75) is 4.90 Å². The number of nitro groups is 1. The lowest BCUT2D eigenvalue weighted by molar-refractivity contribution is -0.385. The predicted octanol–water partition coefficient (Wildman–Crippen LogP) is 2.03. The highest BCUT2D eigenvalue weighted by molar-refractivity contribution is 7.99. The molecule has 0 atom stereocenters. The van der Waals surface area contributed by atoms with E-state index < -0.39 is 10.9 Å². The SMILES string of the molecule is COCCSc1cc([N+](=O)[O-])ccc1C(=O)O. The first kappa shape index (κ1) is 13.5. The summed E-state index contributed by atoms with van der Waals surface area (Å²) in [5.74, 6) is -0.558. The summed E-state index contributed by atoms with van der Waals surface area (Å²) in [6.07, 6.45) is 0. The van der Waals surface area contributed by atoms with E-state index in [0.717, 1.165) is 0 Å². The number of ether oxygens (including phenoxy) is 1. The summed E-state index contributed by atoms with van der Waals surface area (Å²) in [6.45, 7) is 0.451. The lowest BCUT2D eigenvalue weighted by Gasteiger charge is -2.05. The molecule has 0 radical (unpaired) electrons. The van der Waals surface area contributed by atoms with Gasteiger partial charge in [0.1, 0.15) is 0 Å². The van der Waals surface area contributed by atoms with Crippen LogP contribution in [0.15, 0.2) is 23.1 Å². The van der Waals surface area contributed by atoms with Crippen molar-refractivity contribution in [2.24, 2.45) is 0 Å². The van der Waals surface area contributed by atoms with E-state index in [0.29, 0.717) is 17.3 Å². The van der Waals surface area contributed by atoms with E-state index in [1.807, 2.05) is 0 Å². The standard InChI is InChI=1S/C10H11NO5S/c1-16-4-5-17-9-6-7(11(14)15)2-3-8(9)10(12)13/h2-3,6H,4-5H2,1H3,(H,12,13). The molecule has 1 aromatic rings. The molecule has 0 aliphatic carbocycles. The summed E-state index contributed by atoms with van der Waals surface area (Å²) >= 11 is 1.22. The third kappa shape index (κ3) is 3.72. The molecule has 0 spiro atoms. The van der Waals surface area contributed by atoms with Gasteiger partial charge in [0.25, 0.3) is 5.69 Å². The third-order valence-electron chi connectivity index (χ3n) is 1.95. The number of carboxylic acids is 1. The number of carboxylic acid groups (broad SMARTS) is 1. The average Bonchev–Trinajstić information content (AvgIpc) is 2.28. The first-order chi connectivity index (χ1) is 8.06. The van der Waals surface area contributed by atoms with Crippen molar-refractivity contribution in [2.75, 3.05) is 19.5 Å². The largest absolute Gasteiger partial charge is 0.478 e. The number of carbonyl (C=O) groups is 1. The number of hydrogen-bond donors (Lipinski definition) is 1. The normalized spacial score (nSPS) is 10.2. The van der Waals surface area contributed by atoms with Gasteiger partial charge in [-0.2, -0.15) is 0 Å².